The van der Waals surface area contributed by atoms with Gasteiger partial charge in [0.1, 0.15) is 17.3 Å². The molecular weight excluding hydrogens is 370 g/mol. The van der Waals surface area contributed by atoms with Gasteiger partial charge < -0.3 is 24.8 Å². The first kappa shape index (κ1) is 20.2. The van der Waals surface area contributed by atoms with Crippen molar-refractivity contribution in [3.8, 4) is 0 Å². The number of carbonyl (C=O) groups is 2. The second kappa shape index (κ2) is 9.07. The summed E-state index contributed by atoms with van der Waals surface area (Å²) >= 11 is 0. The maximum atomic E-state index is 13.9. The summed E-state index contributed by atoms with van der Waals surface area (Å²) in [5.41, 5.74) is -0.0334. The second-order valence-electron chi connectivity index (χ2n) is 6.95. The number of para-hydroxylation sites is 1. The number of nitrogens with one attached hydrogen (secondary N) is 1. The Morgan fingerprint density at radius 2 is 1.64 bits per heavy atom. The van der Waals surface area contributed by atoms with E-state index in [0.29, 0.717) is 58.7 Å². The Balaban J connectivity index is 1.45. The van der Waals surface area contributed by atoms with Gasteiger partial charge in [0, 0.05) is 45.3 Å². The summed E-state index contributed by atoms with van der Waals surface area (Å²) < 4.78 is 32.8. The number of hydrogen-bond acceptors (Lipinski definition) is 4. The summed E-state index contributed by atoms with van der Waals surface area (Å²) in [4.78, 5) is 29.2. The number of nitrogens with zero attached hydrogens (tertiary/aromatic N) is 3. The maximum absolute atomic E-state index is 13.9. The van der Waals surface area contributed by atoms with Gasteiger partial charge in [0.15, 0.2) is 0 Å². The van der Waals surface area contributed by atoms with Crippen molar-refractivity contribution in [1.82, 2.24) is 15.1 Å². The third-order valence-corrected chi connectivity index (χ3v) is 5.17. The van der Waals surface area contributed by atoms with Crippen LogP contribution in [0.5, 0.6) is 0 Å². The second-order valence-corrected chi connectivity index (χ2v) is 6.95. The zero-order valence-electron chi connectivity index (χ0n) is 16.0. The molecule has 0 atom stereocenters. The molecule has 0 radical (unpaired) electrons. The molecule has 3 amide bonds. The van der Waals surface area contributed by atoms with Crippen LogP contribution < -0.4 is 10.2 Å². The van der Waals surface area contributed by atoms with E-state index in [1.165, 1.54) is 18.2 Å². The normalized spacial score (nSPS) is 18.2. The van der Waals surface area contributed by atoms with Crippen LogP contribution in [0, 0.1) is 11.6 Å². The Bertz CT molecular complexity index is 682. The van der Waals surface area contributed by atoms with E-state index in [2.05, 4.69) is 5.32 Å². The minimum Gasteiger partial charge on any atom is -0.450 e. The Hall–Kier alpha value is -2.58. The largest absolute Gasteiger partial charge is 0.450 e. The molecule has 7 nitrogen and oxygen atoms in total. The fourth-order valence-electron chi connectivity index (χ4n) is 3.61. The van der Waals surface area contributed by atoms with Crippen molar-refractivity contribution in [3.05, 3.63) is 29.8 Å². The lowest BCUT2D eigenvalue weighted by molar-refractivity contribution is 0.0950. The number of benzene rings is 1. The number of urea groups is 1. The zero-order valence-corrected chi connectivity index (χ0v) is 16.0. The van der Waals surface area contributed by atoms with E-state index in [1.54, 1.807) is 21.6 Å². The molecule has 2 saturated heterocycles. The predicted octanol–water partition coefficient (Wildman–Crippen LogP) is 2.42. The van der Waals surface area contributed by atoms with Gasteiger partial charge in [-0.1, -0.05) is 6.07 Å². The van der Waals surface area contributed by atoms with Gasteiger partial charge in [-0.15, -0.1) is 0 Å². The first-order chi connectivity index (χ1) is 13.5. The van der Waals surface area contributed by atoms with E-state index in [0.717, 1.165) is 0 Å². The summed E-state index contributed by atoms with van der Waals surface area (Å²) in [7, 11) is 0. The van der Waals surface area contributed by atoms with Gasteiger partial charge in [-0.2, -0.15) is 0 Å². The van der Waals surface area contributed by atoms with E-state index in [4.69, 9.17) is 4.74 Å². The molecule has 0 aliphatic carbocycles. The first-order valence-electron chi connectivity index (χ1n) is 9.65. The Morgan fingerprint density at radius 3 is 2.21 bits per heavy atom. The monoisotopic (exact) mass is 396 g/mol. The molecule has 1 aromatic rings. The number of amides is 3. The lowest BCUT2D eigenvalue weighted by Crippen LogP contribution is -2.55. The average molecular weight is 396 g/mol. The van der Waals surface area contributed by atoms with Crippen LogP contribution >= 0.6 is 0 Å². The molecule has 0 unspecified atom stereocenters. The number of rotatable bonds is 3. The van der Waals surface area contributed by atoms with Crippen LogP contribution in [-0.4, -0.2) is 73.8 Å². The highest BCUT2D eigenvalue weighted by Crippen LogP contribution is 2.24. The highest BCUT2D eigenvalue weighted by Gasteiger charge is 2.28. The van der Waals surface area contributed by atoms with Crippen LogP contribution in [0.1, 0.15) is 19.8 Å². The van der Waals surface area contributed by atoms with Crippen molar-refractivity contribution in [2.45, 2.75) is 25.8 Å². The molecule has 3 rings (SSSR count). The van der Waals surface area contributed by atoms with Gasteiger partial charge in [-0.05, 0) is 31.9 Å². The van der Waals surface area contributed by atoms with Crippen LogP contribution in [0.15, 0.2) is 18.2 Å². The number of halogens is 2. The number of piperazine rings is 1. The first-order valence-corrected chi connectivity index (χ1v) is 9.65. The van der Waals surface area contributed by atoms with Gasteiger partial charge in [0.2, 0.25) is 0 Å². The van der Waals surface area contributed by atoms with E-state index in [9.17, 15) is 18.4 Å². The molecule has 2 aliphatic heterocycles. The fourth-order valence-corrected chi connectivity index (χ4v) is 3.61. The smallest absolute Gasteiger partial charge is 0.409 e. The highest BCUT2D eigenvalue weighted by molar-refractivity contribution is 5.75. The number of ether oxygens (including phenoxy) is 1. The van der Waals surface area contributed by atoms with Crippen LogP contribution in [-0.2, 0) is 4.74 Å². The molecule has 0 spiro atoms. The number of hydrogen-bond donors (Lipinski definition) is 1. The molecule has 2 fully saturated rings. The van der Waals surface area contributed by atoms with E-state index < -0.39 is 11.6 Å². The molecule has 1 aromatic carbocycles. The lowest BCUT2D eigenvalue weighted by atomic mass is 10.1. The van der Waals surface area contributed by atoms with Crippen molar-refractivity contribution >= 4 is 17.8 Å². The van der Waals surface area contributed by atoms with Crippen LogP contribution in [0.2, 0.25) is 0 Å². The maximum Gasteiger partial charge on any atom is 0.409 e. The van der Waals surface area contributed by atoms with Gasteiger partial charge in [0.25, 0.3) is 0 Å². The summed E-state index contributed by atoms with van der Waals surface area (Å²) in [6, 6.07) is 3.63. The van der Waals surface area contributed by atoms with E-state index >= 15 is 0 Å². The minimum absolute atomic E-state index is 0.000202. The zero-order chi connectivity index (χ0) is 20.1. The van der Waals surface area contributed by atoms with Crippen LogP contribution in [0.25, 0.3) is 0 Å². The van der Waals surface area contributed by atoms with Crippen molar-refractivity contribution in [2.24, 2.45) is 0 Å². The molecule has 1 N–H and O–H groups in total. The van der Waals surface area contributed by atoms with Gasteiger partial charge in [-0.25, -0.2) is 18.4 Å². The molecule has 0 bridgehead atoms. The van der Waals surface area contributed by atoms with Gasteiger partial charge in [0.05, 0.1) is 6.61 Å². The molecule has 0 aromatic heterocycles. The molecule has 28 heavy (non-hydrogen) atoms. The van der Waals surface area contributed by atoms with Gasteiger partial charge in [-0.3, -0.25) is 0 Å². The third-order valence-electron chi connectivity index (χ3n) is 5.17. The summed E-state index contributed by atoms with van der Waals surface area (Å²) in [6.45, 7) is 4.72. The molecular formula is C19H26F2N4O3. The molecule has 0 saturated carbocycles. The number of carbonyl (C=O) groups excluding carboxylic acids is 2. The van der Waals surface area contributed by atoms with Gasteiger partial charge >= 0.3 is 12.1 Å². The number of likely N-dealkylation sites (tertiary alicyclic amines) is 1. The molecule has 2 aliphatic rings. The van der Waals surface area contributed by atoms with Crippen molar-refractivity contribution in [3.63, 3.8) is 0 Å². The van der Waals surface area contributed by atoms with E-state index in [1.807, 2.05) is 0 Å². The molecule has 154 valence electrons. The third kappa shape index (κ3) is 4.63. The summed E-state index contributed by atoms with van der Waals surface area (Å²) in [5, 5.41) is 3.00. The fraction of sp³-hybridized carbons (Fsp3) is 0.579. The number of piperidine rings is 1. The predicted molar refractivity (Wildman–Crippen MR) is 100 cm³/mol. The van der Waals surface area contributed by atoms with Crippen LogP contribution in [0.3, 0.4) is 0 Å². The van der Waals surface area contributed by atoms with Crippen molar-refractivity contribution < 1.29 is 23.1 Å². The van der Waals surface area contributed by atoms with Crippen molar-refractivity contribution in [2.75, 3.05) is 50.8 Å². The quantitative estimate of drug-likeness (QED) is 0.852. The van der Waals surface area contributed by atoms with Crippen molar-refractivity contribution in [1.29, 1.82) is 0 Å². The molecule has 9 heteroatoms. The topological polar surface area (TPSA) is 65.1 Å². The lowest BCUT2D eigenvalue weighted by Gasteiger charge is -2.38. The van der Waals surface area contributed by atoms with Crippen LogP contribution in [0.4, 0.5) is 24.1 Å². The minimum atomic E-state index is -0.591. The summed E-state index contributed by atoms with van der Waals surface area (Å²) in [6.07, 6.45) is 1.03. The Morgan fingerprint density at radius 1 is 1.04 bits per heavy atom. The Kier molecular flexibility index (Phi) is 6.53. The average Bonchev–Trinajstić information content (AvgIpc) is 2.69. The molecule has 2 heterocycles. The number of anilines is 1. The highest BCUT2D eigenvalue weighted by atomic mass is 19.1. The SMILES string of the molecule is CCOC(=O)N1CCC(NC(=O)N2CCN(c3c(F)cccc3F)CC2)CC1. The Labute approximate surface area is 163 Å². The van der Waals surface area contributed by atoms with E-state index in [-0.39, 0.29) is 23.9 Å². The standard InChI is InChI=1S/C19H26F2N4O3/c1-2-28-19(27)25-8-6-14(7-9-25)22-18(26)24-12-10-23(11-13-24)17-15(20)4-3-5-16(17)21/h3-5,14H,2,6-13H2,1H3,(H,22,26). The summed E-state index contributed by atoms with van der Waals surface area (Å²) in [5.74, 6) is -1.18.